The number of benzene rings is 1. The molecule has 0 radical (unpaired) electrons. The van der Waals surface area contributed by atoms with Crippen molar-refractivity contribution in [3.8, 4) is 0 Å². The first-order valence-electron chi connectivity index (χ1n) is 8.39. The molecule has 0 unspecified atom stereocenters. The number of methoxy groups -OCH3 is 1. The number of nitrogens with zero attached hydrogens (tertiary/aromatic N) is 5. The molecule has 0 spiro atoms. The second kappa shape index (κ2) is 8.59. The Balaban J connectivity index is 2.04. The molecule has 0 atom stereocenters. The van der Waals surface area contributed by atoms with Crippen LogP contribution in [0.15, 0.2) is 27.9 Å². The highest BCUT2D eigenvalue weighted by Gasteiger charge is 2.46. The minimum Gasteiger partial charge on any atom is -0.383 e. The van der Waals surface area contributed by atoms with Crippen molar-refractivity contribution in [1.29, 1.82) is 0 Å². The topological polar surface area (TPSA) is 109 Å². The number of hydrogen-bond acceptors (Lipinski definition) is 9. The van der Waals surface area contributed by atoms with Crippen LogP contribution in [0.4, 0.5) is 35.4 Å². The third-order valence-corrected chi connectivity index (χ3v) is 5.79. The number of anilines is 2. The number of rotatable bonds is 7. The average molecular weight is 450 g/mol. The SMILES string of the molecule is COCCN1CCCc2cc(N=Nc3nncs3)c(NS(=O)(=O)C(F)(F)F)cc21. The van der Waals surface area contributed by atoms with Crippen molar-refractivity contribution >= 4 is 43.6 Å². The molecule has 1 aliphatic rings. The summed E-state index contributed by atoms with van der Waals surface area (Å²) in [6, 6.07) is 2.88. The molecule has 1 aromatic carbocycles. The number of azo groups is 1. The third kappa shape index (κ3) is 5.00. The van der Waals surface area contributed by atoms with Crippen molar-refractivity contribution in [2.45, 2.75) is 18.3 Å². The number of fused-ring (bicyclic) bond motifs is 1. The number of sulfonamides is 1. The van der Waals surface area contributed by atoms with Gasteiger partial charge in [-0.25, -0.2) is 0 Å². The predicted octanol–water partition coefficient (Wildman–Crippen LogP) is 3.61. The number of nitrogens with one attached hydrogen (secondary N) is 1. The van der Waals surface area contributed by atoms with Crippen molar-refractivity contribution in [2.75, 3.05) is 36.4 Å². The maximum absolute atomic E-state index is 12.9. The molecule has 0 bridgehead atoms. The summed E-state index contributed by atoms with van der Waals surface area (Å²) >= 11 is 1.08. The molecule has 14 heteroatoms. The van der Waals surface area contributed by atoms with Gasteiger partial charge in [-0.15, -0.1) is 20.4 Å². The van der Waals surface area contributed by atoms with E-state index in [0.29, 0.717) is 31.8 Å². The van der Waals surface area contributed by atoms with E-state index in [9.17, 15) is 21.6 Å². The molecule has 1 aliphatic heterocycles. The smallest absolute Gasteiger partial charge is 0.383 e. The number of alkyl halides is 3. The van der Waals surface area contributed by atoms with Gasteiger partial charge in [0.2, 0.25) is 0 Å². The van der Waals surface area contributed by atoms with E-state index in [2.05, 4.69) is 20.4 Å². The van der Waals surface area contributed by atoms with Crippen LogP contribution in [0.2, 0.25) is 0 Å². The quantitative estimate of drug-likeness (QED) is 0.646. The number of aryl methyl sites for hydroxylation is 1. The van der Waals surface area contributed by atoms with Crippen LogP contribution in [0, 0.1) is 0 Å². The van der Waals surface area contributed by atoms with Crippen LogP contribution in [0.25, 0.3) is 0 Å². The van der Waals surface area contributed by atoms with E-state index < -0.39 is 15.5 Å². The Hall–Kier alpha value is -2.32. The summed E-state index contributed by atoms with van der Waals surface area (Å²) in [5.74, 6) is 0. The van der Waals surface area contributed by atoms with Gasteiger partial charge in [-0.3, -0.25) is 4.72 Å². The summed E-state index contributed by atoms with van der Waals surface area (Å²) in [4.78, 5) is 1.93. The molecule has 0 fully saturated rings. The van der Waals surface area contributed by atoms with Gasteiger partial charge >= 0.3 is 15.5 Å². The normalized spacial score (nSPS) is 15.0. The van der Waals surface area contributed by atoms with Gasteiger partial charge in [0, 0.05) is 25.9 Å². The number of aromatic nitrogens is 2. The minimum absolute atomic E-state index is 0.0413. The highest BCUT2D eigenvalue weighted by molar-refractivity contribution is 7.93. The lowest BCUT2D eigenvalue weighted by Gasteiger charge is -2.32. The van der Waals surface area contributed by atoms with E-state index in [1.807, 2.05) is 4.90 Å². The van der Waals surface area contributed by atoms with Crippen molar-refractivity contribution in [3.63, 3.8) is 0 Å². The molecule has 2 aromatic rings. The molecule has 1 aromatic heterocycles. The van der Waals surface area contributed by atoms with Gasteiger partial charge in [0.25, 0.3) is 5.13 Å². The zero-order valence-corrected chi connectivity index (χ0v) is 16.8. The second-order valence-corrected chi connectivity index (χ2v) is 8.54. The average Bonchev–Trinajstić information content (AvgIpc) is 3.17. The fraction of sp³-hybridized carbons (Fsp3) is 0.467. The predicted molar refractivity (Wildman–Crippen MR) is 102 cm³/mol. The summed E-state index contributed by atoms with van der Waals surface area (Å²) in [6.45, 7) is 1.61. The summed E-state index contributed by atoms with van der Waals surface area (Å²) in [6.07, 6.45) is 1.50. The molecular formula is C15H17F3N6O3S2. The standard InChI is InChI=1S/C15H17F3N6O3S2/c1-27-6-5-24-4-2-3-10-7-11(20-22-14-21-19-9-28-14)12(8-13(10)24)23-29(25,26)15(16,17)18/h7-9,23H,2-6H2,1H3. The number of halogens is 3. The van der Waals surface area contributed by atoms with E-state index in [1.165, 1.54) is 17.6 Å². The lowest BCUT2D eigenvalue weighted by Crippen LogP contribution is -2.33. The second-order valence-electron chi connectivity index (χ2n) is 6.05. The van der Waals surface area contributed by atoms with Gasteiger partial charge in [-0.05, 0) is 30.5 Å². The monoisotopic (exact) mass is 450 g/mol. The molecule has 0 saturated heterocycles. The summed E-state index contributed by atoms with van der Waals surface area (Å²) in [7, 11) is -4.08. The Kier molecular flexibility index (Phi) is 6.33. The first kappa shape index (κ1) is 21.4. The molecule has 0 saturated carbocycles. The van der Waals surface area contributed by atoms with Crippen molar-refractivity contribution in [1.82, 2.24) is 10.2 Å². The fourth-order valence-corrected chi connectivity index (χ4v) is 3.74. The van der Waals surface area contributed by atoms with Crippen molar-refractivity contribution in [2.24, 2.45) is 10.2 Å². The van der Waals surface area contributed by atoms with Gasteiger partial charge in [0.15, 0.2) is 0 Å². The Bertz CT molecular complexity index is 980. The fourth-order valence-electron chi connectivity index (χ4n) is 2.80. The Morgan fingerprint density at radius 2 is 2.14 bits per heavy atom. The zero-order chi connectivity index (χ0) is 21.1. The largest absolute Gasteiger partial charge is 0.516 e. The van der Waals surface area contributed by atoms with E-state index in [1.54, 1.807) is 11.8 Å². The summed E-state index contributed by atoms with van der Waals surface area (Å²) in [5.41, 5.74) is -2.95. The molecule has 29 heavy (non-hydrogen) atoms. The van der Waals surface area contributed by atoms with Crippen molar-refractivity contribution in [3.05, 3.63) is 23.2 Å². The van der Waals surface area contributed by atoms with E-state index in [0.717, 1.165) is 23.3 Å². The van der Waals surface area contributed by atoms with Crippen LogP contribution in [0.5, 0.6) is 0 Å². The first-order chi connectivity index (χ1) is 13.7. The minimum atomic E-state index is -5.63. The van der Waals surface area contributed by atoms with Crippen LogP contribution in [-0.4, -0.2) is 50.9 Å². The van der Waals surface area contributed by atoms with Gasteiger partial charge in [0.05, 0.1) is 12.3 Å². The molecule has 3 rings (SSSR count). The molecular weight excluding hydrogens is 433 g/mol. The Morgan fingerprint density at radius 1 is 1.34 bits per heavy atom. The molecule has 0 amide bonds. The highest BCUT2D eigenvalue weighted by atomic mass is 32.2. The van der Waals surface area contributed by atoms with Crippen LogP contribution in [-0.2, 0) is 21.2 Å². The van der Waals surface area contributed by atoms with Crippen LogP contribution < -0.4 is 9.62 Å². The third-order valence-electron chi connectivity index (χ3n) is 4.12. The Labute approximate surface area is 168 Å². The van der Waals surface area contributed by atoms with E-state index >= 15 is 0 Å². The lowest BCUT2D eigenvalue weighted by atomic mass is 10.00. The van der Waals surface area contributed by atoms with Gasteiger partial charge in [-0.2, -0.15) is 21.6 Å². The van der Waals surface area contributed by atoms with Crippen LogP contribution >= 0.6 is 11.3 Å². The van der Waals surface area contributed by atoms with Gasteiger partial charge in [-0.1, -0.05) is 11.3 Å². The number of hydrogen-bond donors (Lipinski definition) is 1. The first-order valence-corrected chi connectivity index (χ1v) is 10.8. The van der Waals surface area contributed by atoms with Crippen LogP contribution in [0.1, 0.15) is 12.0 Å². The Morgan fingerprint density at radius 3 is 2.79 bits per heavy atom. The molecule has 158 valence electrons. The van der Waals surface area contributed by atoms with Gasteiger partial charge in [0.1, 0.15) is 11.2 Å². The number of ether oxygens (including phenoxy) is 1. The highest BCUT2D eigenvalue weighted by Crippen LogP contribution is 2.39. The zero-order valence-electron chi connectivity index (χ0n) is 15.2. The van der Waals surface area contributed by atoms with Gasteiger partial charge < -0.3 is 9.64 Å². The maximum Gasteiger partial charge on any atom is 0.516 e. The van der Waals surface area contributed by atoms with Crippen LogP contribution in [0.3, 0.4) is 0 Å². The molecule has 9 nitrogen and oxygen atoms in total. The molecule has 2 heterocycles. The lowest BCUT2D eigenvalue weighted by molar-refractivity contribution is -0.0429. The molecule has 0 aliphatic carbocycles. The summed E-state index contributed by atoms with van der Waals surface area (Å²) < 4.78 is 68.7. The van der Waals surface area contributed by atoms with E-state index in [-0.39, 0.29) is 16.5 Å². The molecule has 1 N–H and O–H groups in total. The summed E-state index contributed by atoms with van der Waals surface area (Å²) in [5, 5.41) is 15.2. The van der Waals surface area contributed by atoms with Crippen molar-refractivity contribution < 1.29 is 26.3 Å². The van der Waals surface area contributed by atoms with E-state index in [4.69, 9.17) is 4.74 Å². The maximum atomic E-state index is 12.9.